The molecule has 2 heterocycles. The third-order valence-electron chi connectivity index (χ3n) is 2.63. The third-order valence-corrected chi connectivity index (χ3v) is 2.63. The van der Waals surface area contributed by atoms with Crippen molar-refractivity contribution in [2.45, 2.75) is 0 Å². The van der Waals surface area contributed by atoms with Crippen molar-refractivity contribution >= 4 is 11.9 Å². The number of anilines is 1. The molecule has 104 valence electrons. The summed E-state index contributed by atoms with van der Waals surface area (Å²) in [4.78, 5) is 29.9. The third kappa shape index (κ3) is 2.43. The molecule has 0 radical (unpaired) electrons. The number of amides is 1. The number of nitriles is 2. The Morgan fingerprint density at radius 2 is 2.19 bits per heavy atom. The van der Waals surface area contributed by atoms with E-state index in [0.717, 1.165) is 4.57 Å². The lowest BCUT2D eigenvalue weighted by Gasteiger charge is -2.05. The average molecular weight is 284 g/mol. The molecule has 0 spiro atoms. The van der Waals surface area contributed by atoms with Gasteiger partial charge >= 0.3 is 0 Å². The van der Waals surface area contributed by atoms with Gasteiger partial charge in [-0.25, -0.2) is 4.98 Å². The van der Waals surface area contributed by atoms with Gasteiger partial charge in [0.2, 0.25) is 5.95 Å². The molecule has 0 aliphatic rings. The molecule has 0 atom stereocenters. The van der Waals surface area contributed by atoms with Gasteiger partial charge in [0.1, 0.15) is 23.5 Å². The molecule has 2 aromatic rings. The van der Waals surface area contributed by atoms with E-state index in [1.807, 2.05) is 0 Å². The summed E-state index contributed by atoms with van der Waals surface area (Å²) in [6, 6.07) is 4.58. The van der Waals surface area contributed by atoms with Crippen molar-refractivity contribution in [3.8, 4) is 17.9 Å². The summed E-state index contributed by atoms with van der Waals surface area (Å²) < 4.78 is 1.12. The number of aromatic hydroxyl groups is 1. The highest BCUT2D eigenvalue weighted by molar-refractivity contribution is 6.05. The maximum Gasteiger partial charge on any atom is 0.267 e. The predicted molar refractivity (Wildman–Crippen MR) is 69.3 cm³/mol. The summed E-state index contributed by atoms with van der Waals surface area (Å²) in [7, 11) is 1.42. The zero-order valence-corrected chi connectivity index (χ0v) is 10.7. The minimum absolute atomic E-state index is 0.113. The first-order valence-electron chi connectivity index (χ1n) is 5.58. The van der Waals surface area contributed by atoms with Crippen molar-refractivity contribution in [3.05, 3.63) is 39.6 Å². The Labute approximate surface area is 117 Å². The first-order chi connectivity index (χ1) is 9.97. The second-order valence-electron chi connectivity index (χ2n) is 3.98. The van der Waals surface area contributed by atoms with Crippen LogP contribution in [0.25, 0.3) is 0 Å². The first kappa shape index (κ1) is 13.8. The molecule has 0 aromatic carbocycles. The van der Waals surface area contributed by atoms with Crippen LogP contribution in [0.15, 0.2) is 17.1 Å². The Bertz CT molecular complexity index is 833. The smallest absolute Gasteiger partial charge is 0.267 e. The highest BCUT2D eigenvalue weighted by atomic mass is 16.3. The van der Waals surface area contributed by atoms with Gasteiger partial charge in [0, 0.05) is 13.2 Å². The number of aromatic nitrogens is 3. The summed E-state index contributed by atoms with van der Waals surface area (Å²) >= 11 is 0. The van der Waals surface area contributed by atoms with Gasteiger partial charge in [-0.3, -0.25) is 14.9 Å². The number of nitrogens with zero attached hydrogens (tertiary/aromatic N) is 4. The highest BCUT2D eigenvalue weighted by Gasteiger charge is 2.19. The van der Waals surface area contributed by atoms with Crippen LogP contribution in [0.3, 0.4) is 0 Å². The van der Waals surface area contributed by atoms with Crippen molar-refractivity contribution in [1.29, 1.82) is 10.5 Å². The normalized spacial score (nSPS) is 9.67. The fourth-order valence-electron chi connectivity index (χ4n) is 1.60. The predicted octanol–water partition coefficient (Wildman–Crippen LogP) is -0.190. The van der Waals surface area contributed by atoms with Crippen molar-refractivity contribution in [2.75, 3.05) is 5.32 Å². The number of imidazole rings is 1. The van der Waals surface area contributed by atoms with E-state index in [0.29, 0.717) is 0 Å². The average Bonchev–Trinajstić information content (AvgIpc) is 2.85. The number of aryl methyl sites for hydroxylation is 1. The molecule has 0 bridgehead atoms. The summed E-state index contributed by atoms with van der Waals surface area (Å²) in [6.07, 6.45) is 1.31. The highest BCUT2D eigenvalue weighted by Crippen LogP contribution is 2.14. The molecule has 0 saturated carbocycles. The van der Waals surface area contributed by atoms with Crippen LogP contribution < -0.4 is 10.9 Å². The van der Waals surface area contributed by atoms with Crippen LogP contribution in [0.5, 0.6) is 5.75 Å². The Morgan fingerprint density at radius 3 is 2.76 bits per heavy atom. The van der Waals surface area contributed by atoms with Gasteiger partial charge in [0.05, 0.1) is 0 Å². The number of nitrogens with one attached hydrogen (secondary N) is 2. The minimum Gasteiger partial charge on any atom is -0.507 e. The number of hydrogen-bond donors (Lipinski definition) is 3. The Balaban J connectivity index is 2.38. The largest absolute Gasteiger partial charge is 0.507 e. The number of carbonyl (C=O) groups excluding carboxylic acids is 1. The number of carbonyl (C=O) groups is 1. The van der Waals surface area contributed by atoms with Gasteiger partial charge in [-0.15, -0.1) is 0 Å². The molecule has 0 saturated heterocycles. The van der Waals surface area contributed by atoms with E-state index in [1.54, 1.807) is 12.1 Å². The second kappa shape index (κ2) is 5.19. The maximum atomic E-state index is 12.0. The molecule has 1 amide bonds. The lowest BCUT2D eigenvalue weighted by atomic mass is 10.2. The summed E-state index contributed by atoms with van der Waals surface area (Å²) in [5, 5.41) is 29.3. The monoisotopic (exact) mass is 284 g/mol. The van der Waals surface area contributed by atoms with Crippen LogP contribution >= 0.6 is 0 Å². The quantitative estimate of drug-likeness (QED) is 0.696. The molecule has 9 heteroatoms. The molecule has 0 aliphatic carbocycles. The topological polar surface area (TPSA) is 148 Å². The van der Waals surface area contributed by atoms with Gasteiger partial charge in [0.15, 0.2) is 11.4 Å². The molecule has 3 N–H and O–H groups in total. The molecule has 2 aromatic heterocycles. The van der Waals surface area contributed by atoms with E-state index >= 15 is 0 Å². The molecule has 0 aliphatic heterocycles. The van der Waals surface area contributed by atoms with Gasteiger partial charge in [-0.2, -0.15) is 10.5 Å². The van der Waals surface area contributed by atoms with Crippen LogP contribution in [0.2, 0.25) is 0 Å². The number of pyridine rings is 1. The Morgan fingerprint density at radius 1 is 1.48 bits per heavy atom. The van der Waals surface area contributed by atoms with E-state index in [4.69, 9.17) is 10.5 Å². The number of H-pyrrole nitrogens is 1. The molecule has 9 nitrogen and oxygen atoms in total. The Hall–Kier alpha value is -3.59. The van der Waals surface area contributed by atoms with E-state index in [2.05, 4.69) is 15.3 Å². The molecular weight excluding hydrogens is 276 g/mol. The fraction of sp³-hybridized carbons (Fsp3) is 0.0833. The lowest BCUT2D eigenvalue weighted by molar-refractivity contribution is 0.102. The first-order valence-corrected chi connectivity index (χ1v) is 5.58. The van der Waals surface area contributed by atoms with Crippen LogP contribution in [0.4, 0.5) is 5.95 Å². The van der Waals surface area contributed by atoms with Crippen LogP contribution in [0.1, 0.15) is 21.7 Å². The standard InChI is InChI=1S/C12H8N6O3/c1-18-3-2-8(19)9(11(18)21)10(20)17-12-15-6(4-13)7(5-14)16-12/h2-3,19H,1H3,(H2,15,16,17,20). The molecular formula is C12H8N6O3. The maximum absolute atomic E-state index is 12.0. The van der Waals surface area contributed by atoms with Crippen molar-refractivity contribution in [3.63, 3.8) is 0 Å². The zero-order valence-electron chi connectivity index (χ0n) is 10.7. The SMILES string of the molecule is Cn1ccc(O)c(C(=O)Nc2nc(C#N)c(C#N)[nH]2)c1=O. The van der Waals surface area contributed by atoms with Gasteiger partial charge < -0.3 is 14.7 Å². The van der Waals surface area contributed by atoms with E-state index in [1.165, 1.54) is 19.3 Å². The van der Waals surface area contributed by atoms with Gasteiger partial charge in [0.25, 0.3) is 11.5 Å². The Kier molecular flexibility index (Phi) is 3.42. The summed E-state index contributed by atoms with van der Waals surface area (Å²) in [5.41, 5.74) is -1.45. The summed E-state index contributed by atoms with van der Waals surface area (Å²) in [5.74, 6) is -1.56. The summed E-state index contributed by atoms with van der Waals surface area (Å²) in [6.45, 7) is 0. The van der Waals surface area contributed by atoms with Gasteiger partial charge in [-0.1, -0.05) is 0 Å². The van der Waals surface area contributed by atoms with E-state index in [-0.39, 0.29) is 17.3 Å². The number of rotatable bonds is 2. The molecule has 0 unspecified atom stereocenters. The van der Waals surface area contributed by atoms with Crippen molar-refractivity contribution in [1.82, 2.24) is 14.5 Å². The van der Waals surface area contributed by atoms with E-state index < -0.39 is 22.8 Å². The lowest BCUT2D eigenvalue weighted by Crippen LogP contribution is -2.27. The van der Waals surface area contributed by atoms with Crippen LogP contribution in [0, 0.1) is 22.7 Å². The second-order valence-corrected chi connectivity index (χ2v) is 3.98. The molecule has 0 fully saturated rings. The minimum atomic E-state index is -0.906. The molecule has 21 heavy (non-hydrogen) atoms. The van der Waals surface area contributed by atoms with Crippen LogP contribution in [-0.2, 0) is 7.05 Å². The van der Waals surface area contributed by atoms with Crippen LogP contribution in [-0.4, -0.2) is 25.5 Å². The van der Waals surface area contributed by atoms with E-state index in [9.17, 15) is 14.7 Å². The van der Waals surface area contributed by atoms with Gasteiger partial charge in [-0.05, 0) is 6.07 Å². The van der Waals surface area contributed by atoms with Crippen molar-refractivity contribution in [2.24, 2.45) is 7.05 Å². The number of aromatic amines is 1. The zero-order chi connectivity index (χ0) is 15.6. The molecule has 2 rings (SSSR count). The van der Waals surface area contributed by atoms with Crippen molar-refractivity contribution < 1.29 is 9.90 Å². The number of hydrogen-bond acceptors (Lipinski definition) is 6. The fourth-order valence-corrected chi connectivity index (χ4v) is 1.60.